The van der Waals surface area contributed by atoms with E-state index in [1.807, 2.05) is 48.0 Å². The van der Waals surface area contributed by atoms with Crippen molar-refractivity contribution in [2.75, 3.05) is 5.75 Å². The summed E-state index contributed by atoms with van der Waals surface area (Å²) < 4.78 is 1.89. The molecule has 2 aromatic heterocycles. The molecule has 0 aliphatic rings. The molecule has 128 valence electrons. The molecule has 3 aromatic rings. The van der Waals surface area contributed by atoms with Gasteiger partial charge in [-0.05, 0) is 24.1 Å². The summed E-state index contributed by atoms with van der Waals surface area (Å²) >= 11 is 1.40. The quantitative estimate of drug-likeness (QED) is 0.478. The number of aryl methyl sites for hydroxylation is 1. The Labute approximate surface area is 151 Å². The second-order valence-corrected chi connectivity index (χ2v) is 6.71. The van der Waals surface area contributed by atoms with Gasteiger partial charge in [-0.3, -0.25) is 9.78 Å². The van der Waals surface area contributed by atoms with E-state index in [2.05, 4.69) is 22.1 Å². The van der Waals surface area contributed by atoms with Crippen LogP contribution in [0.25, 0.3) is 11.4 Å². The molecule has 0 aliphatic heterocycles. The van der Waals surface area contributed by atoms with Crippen LogP contribution in [0.1, 0.15) is 29.3 Å². The van der Waals surface area contributed by atoms with Gasteiger partial charge in [0.1, 0.15) is 0 Å². The Morgan fingerprint density at radius 2 is 1.96 bits per heavy atom. The van der Waals surface area contributed by atoms with E-state index in [-0.39, 0.29) is 5.78 Å². The van der Waals surface area contributed by atoms with Crippen LogP contribution in [0.5, 0.6) is 0 Å². The first-order valence-corrected chi connectivity index (χ1v) is 9.22. The molecular formula is C19H20N4OS. The number of hydrogen-bond donors (Lipinski definition) is 0. The average molecular weight is 352 g/mol. The Morgan fingerprint density at radius 3 is 2.64 bits per heavy atom. The first kappa shape index (κ1) is 17.4. The minimum atomic E-state index is 0.0963. The van der Waals surface area contributed by atoms with E-state index in [4.69, 9.17) is 0 Å². The van der Waals surface area contributed by atoms with Crippen molar-refractivity contribution in [3.8, 4) is 11.4 Å². The highest BCUT2D eigenvalue weighted by atomic mass is 32.2. The molecule has 0 amide bonds. The standard InChI is InChI=1S/C19H20N4OS/c1-3-5-14-7-9-15(10-8-14)17(24)13-25-19-22-21-18(23(19)2)16-6-4-11-20-12-16/h4,6-12H,3,5,13H2,1-2H3. The second-order valence-electron chi connectivity index (χ2n) is 5.77. The van der Waals surface area contributed by atoms with Crippen LogP contribution in [0.15, 0.2) is 53.9 Å². The highest BCUT2D eigenvalue weighted by molar-refractivity contribution is 7.99. The van der Waals surface area contributed by atoms with Crippen molar-refractivity contribution in [1.82, 2.24) is 19.7 Å². The van der Waals surface area contributed by atoms with Crippen molar-refractivity contribution in [2.45, 2.75) is 24.9 Å². The number of hydrogen-bond acceptors (Lipinski definition) is 5. The number of nitrogens with zero attached hydrogens (tertiary/aromatic N) is 4. The highest BCUT2D eigenvalue weighted by Gasteiger charge is 2.13. The van der Waals surface area contributed by atoms with E-state index in [0.29, 0.717) is 5.75 Å². The smallest absolute Gasteiger partial charge is 0.191 e. The lowest BCUT2D eigenvalue weighted by Gasteiger charge is -2.04. The van der Waals surface area contributed by atoms with E-state index in [1.165, 1.54) is 17.3 Å². The van der Waals surface area contributed by atoms with E-state index >= 15 is 0 Å². The number of aromatic nitrogens is 4. The lowest BCUT2D eigenvalue weighted by atomic mass is 10.1. The van der Waals surface area contributed by atoms with Crippen LogP contribution >= 0.6 is 11.8 Å². The predicted octanol–water partition coefficient (Wildman–Crippen LogP) is 3.80. The molecule has 0 atom stereocenters. The molecule has 0 N–H and O–H groups in total. The lowest BCUT2D eigenvalue weighted by molar-refractivity contribution is 0.102. The summed E-state index contributed by atoms with van der Waals surface area (Å²) in [5.41, 5.74) is 2.91. The molecule has 25 heavy (non-hydrogen) atoms. The Kier molecular flexibility index (Phi) is 5.60. The Hall–Kier alpha value is -2.47. The maximum absolute atomic E-state index is 12.4. The Bertz CT molecular complexity index is 844. The minimum Gasteiger partial charge on any atom is -0.305 e. The number of ketones is 1. The zero-order valence-electron chi connectivity index (χ0n) is 14.3. The summed E-state index contributed by atoms with van der Waals surface area (Å²) in [7, 11) is 1.90. The van der Waals surface area contributed by atoms with E-state index in [9.17, 15) is 4.79 Å². The average Bonchev–Trinajstić information content (AvgIpc) is 3.02. The van der Waals surface area contributed by atoms with Crippen molar-refractivity contribution in [1.29, 1.82) is 0 Å². The van der Waals surface area contributed by atoms with E-state index < -0.39 is 0 Å². The monoisotopic (exact) mass is 352 g/mol. The molecule has 1 aromatic carbocycles. The van der Waals surface area contributed by atoms with Gasteiger partial charge in [-0.25, -0.2) is 0 Å². The summed E-state index contributed by atoms with van der Waals surface area (Å²) in [6.07, 6.45) is 5.62. The number of pyridine rings is 1. The number of Topliss-reactive ketones (excluding diaryl/α,β-unsaturated/α-hetero) is 1. The van der Waals surface area contributed by atoms with Crippen molar-refractivity contribution in [2.24, 2.45) is 7.05 Å². The Morgan fingerprint density at radius 1 is 1.16 bits per heavy atom. The van der Waals surface area contributed by atoms with Crippen LogP contribution in [0.3, 0.4) is 0 Å². The fraction of sp³-hybridized carbons (Fsp3) is 0.263. The van der Waals surface area contributed by atoms with Crippen molar-refractivity contribution in [3.63, 3.8) is 0 Å². The van der Waals surface area contributed by atoms with E-state index in [1.54, 1.807) is 12.4 Å². The summed E-state index contributed by atoms with van der Waals surface area (Å²) in [6, 6.07) is 11.7. The molecule has 0 unspecified atom stereocenters. The number of carbonyl (C=O) groups excluding carboxylic acids is 1. The highest BCUT2D eigenvalue weighted by Crippen LogP contribution is 2.22. The third kappa shape index (κ3) is 4.14. The molecule has 0 saturated carbocycles. The van der Waals surface area contributed by atoms with Crippen LogP contribution < -0.4 is 0 Å². The maximum Gasteiger partial charge on any atom is 0.191 e. The summed E-state index contributed by atoms with van der Waals surface area (Å²) in [6.45, 7) is 2.15. The second kappa shape index (κ2) is 8.07. The summed E-state index contributed by atoms with van der Waals surface area (Å²) in [5, 5.41) is 9.12. The zero-order valence-corrected chi connectivity index (χ0v) is 15.2. The van der Waals surface area contributed by atoms with E-state index in [0.717, 1.165) is 34.9 Å². The summed E-state index contributed by atoms with van der Waals surface area (Å²) in [5.74, 6) is 1.18. The van der Waals surface area contributed by atoms with Crippen LogP contribution in [-0.4, -0.2) is 31.3 Å². The Balaban J connectivity index is 1.65. The number of benzene rings is 1. The molecule has 0 saturated heterocycles. The van der Waals surface area contributed by atoms with Crippen LogP contribution in [-0.2, 0) is 13.5 Å². The molecule has 0 radical (unpaired) electrons. The third-order valence-electron chi connectivity index (χ3n) is 3.90. The molecule has 6 heteroatoms. The van der Waals surface area contributed by atoms with Gasteiger partial charge in [0, 0.05) is 30.6 Å². The predicted molar refractivity (Wildman–Crippen MR) is 99.7 cm³/mol. The lowest BCUT2D eigenvalue weighted by Crippen LogP contribution is -2.04. The van der Waals surface area contributed by atoms with Gasteiger partial charge in [-0.2, -0.15) is 0 Å². The number of rotatable bonds is 7. The topological polar surface area (TPSA) is 60.7 Å². The van der Waals surface area contributed by atoms with Gasteiger partial charge in [-0.1, -0.05) is 49.4 Å². The van der Waals surface area contributed by atoms with Gasteiger partial charge >= 0.3 is 0 Å². The van der Waals surface area contributed by atoms with Gasteiger partial charge in [0.15, 0.2) is 16.8 Å². The zero-order chi connectivity index (χ0) is 17.6. The van der Waals surface area contributed by atoms with Crippen molar-refractivity contribution in [3.05, 3.63) is 59.9 Å². The van der Waals surface area contributed by atoms with Crippen molar-refractivity contribution < 1.29 is 4.79 Å². The first-order chi connectivity index (χ1) is 12.2. The van der Waals surface area contributed by atoms with Gasteiger partial charge in [0.25, 0.3) is 0 Å². The fourth-order valence-electron chi connectivity index (χ4n) is 2.55. The number of thioether (sulfide) groups is 1. The molecule has 0 fully saturated rings. The molecule has 3 rings (SSSR count). The van der Waals surface area contributed by atoms with Gasteiger partial charge in [-0.15, -0.1) is 10.2 Å². The molecule has 5 nitrogen and oxygen atoms in total. The molecular weight excluding hydrogens is 332 g/mol. The minimum absolute atomic E-state index is 0.0963. The van der Waals surface area contributed by atoms with Crippen LogP contribution in [0, 0.1) is 0 Å². The fourth-order valence-corrected chi connectivity index (χ4v) is 3.35. The molecule has 2 heterocycles. The largest absolute Gasteiger partial charge is 0.305 e. The normalized spacial score (nSPS) is 10.8. The van der Waals surface area contributed by atoms with Gasteiger partial charge in [0.2, 0.25) is 0 Å². The number of carbonyl (C=O) groups is 1. The van der Waals surface area contributed by atoms with Crippen molar-refractivity contribution >= 4 is 17.5 Å². The maximum atomic E-state index is 12.4. The van der Waals surface area contributed by atoms with Gasteiger partial charge in [0.05, 0.1) is 5.75 Å². The van der Waals surface area contributed by atoms with Crippen LogP contribution in [0.4, 0.5) is 0 Å². The summed E-state index contributed by atoms with van der Waals surface area (Å²) in [4.78, 5) is 16.5. The van der Waals surface area contributed by atoms with Crippen LogP contribution in [0.2, 0.25) is 0 Å². The SMILES string of the molecule is CCCc1ccc(C(=O)CSc2nnc(-c3cccnc3)n2C)cc1. The molecule has 0 aliphatic carbocycles. The third-order valence-corrected chi connectivity index (χ3v) is 4.92. The van der Waals surface area contributed by atoms with Gasteiger partial charge < -0.3 is 4.57 Å². The molecule has 0 bridgehead atoms. The molecule has 0 spiro atoms. The first-order valence-electron chi connectivity index (χ1n) is 8.23.